The van der Waals surface area contributed by atoms with E-state index in [0.29, 0.717) is 16.9 Å². The summed E-state index contributed by atoms with van der Waals surface area (Å²) in [6.45, 7) is 3.23. The molecule has 0 aliphatic carbocycles. The van der Waals surface area contributed by atoms with E-state index in [1.165, 1.54) is 22.9 Å². The van der Waals surface area contributed by atoms with Crippen molar-refractivity contribution < 1.29 is 14.0 Å². The number of aliphatic imine (C=N–C) groups is 1. The fourth-order valence-corrected chi connectivity index (χ4v) is 3.54. The van der Waals surface area contributed by atoms with E-state index in [9.17, 15) is 14.0 Å². The average molecular weight is 482 g/mol. The zero-order valence-corrected chi connectivity index (χ0v) is 18.3. The number of carbonyl (C=O) groups is 2. The fourth-order valence-electron chi connectivity index (χ4n) is 3.08. The molecule has 0 saturated carbocycles. The molecule has 0 saturated heterocycles. The van der Waals surface area contributed by atoms with Gasteiger partial charge in [-0.2, -0.15) is 5.10 Å². The monoisotopic (exact) mass is 481 g/mol. The first-order valence-electron chi connectivity index (χ1n) is 9.46. The number of anilines is 1. The SMILES string of the molecule is C=NC(=O)c1cc(NC(=O)c2cc(-c3ncc(F)cc3Cl)ccc2Cl)n(-c2ccccc2)n1. The Kier molecular flexibility index (Phi) is 6.30. The number of rotatable bonds is 5. The summed E-state index contributed by atoms with van der Waals surface area (Å²) in [5, 5.41) is 7.20. The zero-order chi connectivity index (χ0) is 23.5. The number of halogens is 3. The van der Waals surface area contributed by atoms with Crippen LogP contribution in [0.3, 0.4) is 0 Å². The van der Waals surface area contributed by atoms with Crippen LogP contribution in [-0.2, 0) is 0 Å². The van der Waals surface area contributed by atoms with Gasteiger partial charge in [0.2, 0.25) is 0 Å². The van der Waals surface area contributed by atoms with E-state index in [-0.39, 0.29) is 27.1 Å². The van der Waals surface area contributed by atoms with Gasteiger partial charge in [-0.3, -0.25) is 14.6 Å². The lowest BCUT2D eigenvalue weighted by Crippen LogP contribution is -2.15. The van der Waals surface area contributed by atoms with E-state index in [1.807, 2.05) is 6.07 Å². The van der Waals surface area contributed by atoms with Gasteiger partial charge in [-0.05, 0) is 37.0 Å². The molecule has 0 unspecified atom stereocenters. The van der Waals surface area contributed by atoms with Crippen molar-refractivity contribution in [3.63, 3.8) is 0 Å². The number of pyridine rings is 1. The number of nitrogens with one attached hydrogen (secondary N) is 1. The van der Waals surface area contributed by atoms with Gasteiger partial charge in [0.15, 0.2) is 5.69 Å². The predicted molar refractivity (Wildman–Crippen MR) is 125 cm³/mol. The van der Waals surface area contributed by atoms with Crippen LogP contribution in [0.4, 0.5) is 10.2 Å². The number of carbonyl (C=O) groups excluding carboxylic acids is 2. The number of amides is 2. The third-order valence-corrected chi connectivity index (χ3v) is 5.22. The first-order valence-corrected chi connectivity index (χ1v) is 10.2. The van der Waals surface area contributed by atoms with E-state index in [1.54, 1.807) is 30.3 Å². The van der Waals surface area contributed by atoms with Crippen LogP contribution >= 0.6 is 23.2 Å². The highest BCUT2D eigenvalue weighted by Gasteiger charge is 2.19. The van der Waals surface area contributed by atoms with Gasteiger partial charge in [-0.1, -0.05) is 47.5 Å². The molecule has 2 aromatic carbocycles. The molecule has 164 valence electrons. The van der Waals surface area contributed by atoms with Crippen LogP contribution in [0, 0.1) is 5.82 Å². The molecule has 0 aliphatic heterocycles. The number of benzene rings is 2. The summed E-state index contributed by atoms with van der Waals surface area (Å²) in [4.78, 5) is 32.5. The van der Waals surface area contributed by atoms with Crippen LogP contribution in [0.15, 0.2) is 71.9 Å². The quantitative estimate of drug-likeness (QED) is 0.382. The Morgan fingerprint density at radius 3 is 2.48 bits per heavy atom. The first kappa shape index (κ1) is 22.3. The molecule has 2 amide bonds. The zero-order valence-electron chi connectivity index (χ0n) is 16.8. The predicted octanol–water partition coefficient (Wildman–Crippen LogP) is 5.47. The summed E-state index contributed by atoms with van der Waals surface area (Å²) >= 11 is 12.4. The highest BCUT2D eigenvalue weighted by Crippen LogP contribution is 2.30. The summed E-state index contributed by atoms with van der Waals surface area (Å²) in [6.07, 6.45) is 1.03. The molecule has 4 aromatic rings. The van der Waals surface area contributed by atoms with Gasteiger partial charge >= 0.3 is 0 Å². The molecule has 2 heterocycles. The average Bonchev–Trinajstić information content (AvgIpc) is 3.23. The van der Waals surface area contributed by atoms with Crippen LogP contribution in [0.2, 0.25) is 10.0 Å². The lowest BCUT2D eigenvalue weighted by Gasteiger charge is -2.11. The molecule has 1 N–H and O–H groups in total. The van der Waals surface area contributed by atoms with Crippen molar-refractivity contribution in [2.75, 3.05) is 5.32 Å². The lowest BCUT2D eigenvalue weighted by atomic mass is 10.1. The normalized spacial score (nSPS) is 10.6. The summed E-state index contributed by atoms with van der Waals surface area (Å²) < 4.78 is 14.8. The maximum Gasteiger partial charge on any atom is 0.296 e. The van der Waals surface area contributed by atoms with Gasteiger partial charge in [-0.25, -0.2) is 14.1 Å². The molecule has 0 bridgehead atoms. The Hall–Kier alpha value is -3.88. The minimum Gasteiger partial charge on any atom is -0.306 e. The number of aromatic nitrogens is 3. The molecular formula is C23H14Cl2FN5O2. The van der Waals surface area contributed by atoms with Gasteiger partial charge in [0.25, 0.3) is 11.8 Å². The van der Waals surface area contributed by atoms with Gasteiger partial charge in [-0.15, -0.1) is 0 Å². The van der Waals surface area contributed by atoms with Crippen molar-refractivity contribution in [1.82, 2.24) is 14.8 Å². The topological polar surface area (TPSA) is 89.2 Å². The molecule has 0 atom stereocenters. The summed E-state index contributed by atoms with van der Waals surface area (Å²) in [5.41, 5.74) is 1.50. The Balaban J connectivity index is 1.72. The minimum atomic E-state index is -0.641. The molecule has 33 heavy (non-hydrogen) atoms. The van der Waals surface area contributed by atoms with Crippen molar-refractivity contribution in [3.05, 3.63) is 94.0 Å². The third kappa shape index (κ3) is 4.67. The molecule has 4 rings (SSSR count). The maximum atomic E-state index is 13.4. The molecule has 7 nitrogen and oxygen atoms in total. The standard InChI is InChI=1S/C23H14Cl2FN5O2/c1-27-23(33)19-11-20(31(30-19)15-5-3-2-4-6-15)29-22(32)16-9-13(7-8-17(16)24)21-18(25)10-14(26)12-28-21/h2-12H,1H2,(H,29,32). The number of nitrogens with zero attached hydrogens (tertiary/aromatic N) is 4. The summed E-state index contributed by atoms with van der Waals surface area (Å²) in [7, 11) is 0. The van der Waals surface area contributed by atoms with Crippen LogP contribution in [-0.4, -0.2) is 33.3 Å². The van der Waals surface area contributed by atoms with Crippen molar-refractivity contribution in [2.45, 2.75) is 0 Å². The second-order valence-electron chi connectivity index (χ2n) is 6.76. The largest absolute Gasteiger partial charge is 0.306 e. The maximum absolute atomic E-state index is 13.4. The van der Waals surface area contributed by atoms with Crippen LogP contribution in [0.5, 0.6) is 0 Å². The van der Waals surface area contributed by atoms with E-state index >= 15 is 0 Å². The van der Waals surface area contributed by atoms with Crippen LogP contribution in [0.25, 0.3) is 16.9 Å². The van der Waals surface area contributed by atoms with E-state index < -0.39 is 17.6 Å². The van der Waals surface area contributed by atoms with E-state index in [0.717, 1.165) is 12.3 Å². The van der Waals surface area contributed by atoms with E-state index in [2.05, 4.69) is 27.1 Å². The molecule has 0 aliphatic rings. The highest BCUT2D eigenvalue weighted by atomic mass is 35.5. The molecular weight excluding hydrogens is 468 g/mol. The van der Waals surface area contributed by atoms with Gasteiger partial charge in [0.05, 0.1) is 33.2 Å². The number of hydrogen-bond donors (Lipinski definition) is 1. The summed E-state index contributed by atoms with van der Waals surface area (Å²) in [6, 6.07) is 16.0. The molecule has 0 fully saturated rings. The van der Waals surface area contributed by atoms with Crippen LogP contribution < -0.4 is 5.32 Å². The molecule has 0 spiro atoms. The highest BCUT2D eigenvalue weighted by molar-refractivity contribution is 6.35. The Morgan fingerprint density at radius 1 is 1.03 bits per heavy atom. The second-order valence-corrected chi connectivity index (χ2v) is 7.57. The van der Waals surface area contributed by atoms with Crippen LogP contribution in [0.1, 0.15) is 20.8 Å². The van der Waals surface area contributed by atoms with Gasteiger partial charge < -0.3 is 5.32 Å². The summed E-state index contributed by atoms with van der Waals surface area (Å²) in [5.74, 6) is -1.57. The first-order chi connectivity index (χ1) is 15.9. The molecule has 10 heteroatoms. The minimum absolute atomic E-state index is 0.00583. The molecule has 0 radical (unpaired) electrons. The smallest absolute Gasteiger partial charge is 0.296 e. The van der Waals surface area contributed by atoms with Crippen molar-refractivity contribution in [3.8, 4) is 16.9 Å². The number of hydrogen-bond acceptors (Lipinski definition) is 4. The lowest BCUT2D eigenvalue weighted by molar-refractivity contribution is 0.0996. The fraction of sp³-hybridized carbons (Fsp3) is 0. The van der Waals surface area contributed by atoms with Crippen molar-refractivity contribution >= 4 is 47.6 Å². The van der Waals surface area contributed by atoms with Crippen molar-refractivity contribution in [1.29, 1.82) is 0 Å². The Labute approximate surface area is 197 Å². The Bertz CT molecular complexity index is 1390. The third-order valence-electron chi connectivity index (χ3n) is 4.61. The van der Waals surface area contributed by atoms with Crippen molar-refractivity contribution in [2.24, 2.45) is 4.99 Å². The van der Waals surface area contributed by atoms with Gasteiger partial charge in [0.1, 0.15) is 11.6 Å². The molecule has 2 aromatic heterocycles. The Morgan fingerprint density at radius 2 is 1.79 bits per heavy atom. The van der Waals surface area contributed by atoms with E-state index in [4.69, 9.17) is 23.2 Å². The second kappa shape index (κ2) is 9.32. The van der Waals surface area contributed by atoms with Gasteiger partial charge in [0, 0.05) is 11.6 Å². The number of para-hydroxylation sites is 1.